The number of carbonyl (C=O) groups is 2. The molecule has 0 aliphatic heterocycles. The molecule has 3 aromatic rings. The molecule has 0 saturated heterocycles. The Labute approximate surface area is 224 Å². The highest BCUT2D eigenvalue weighted by molar-refractivity contribution is 5.91. The van der Waals surface area contributed by atoms with E-state index in [-0.39, 0.29) is 25.0 Å². The zero-order valence-corrected chi connectivity index (χ0v) is 21.9. The Morgan fingerprint density at radius 2 is 0.895 bits per heavy atom. The van der Waals surface area contributed by atoms with E-state index in [4.69, 9.17) is 20.0 Å². The molecule has 0 fully saturated rings. The lowest BCUT2D eigenvalue weighted by Gasteiger charge is -2.10. The SMILES string of the molecule is CCC[C@H](C#N)COC(=O)c1ccc(-c2ccc(-c3ccc(C(=O)OC[C@@H](C#N)CCC)cc3)cc2)cc1. The summed E-state index contributed by atoms with van der Waals surface area (Å²) in [6.07, 6.45) is 3.15. The topological polar surface area (TPSA) is 100 Å². The molecule has 0 saturated carbocycles. The number of esters is 2. The van der Waals surface area contributed by atoms with Gasteiger partial charge in [0.25, 0.3) is 0 Å². The second-order valence-electron chi connectivity index (χ2n) is 9.16. The van der Waals surface area contributed by atoms with Crippen molar-refractivity contribution >= 4 is 11.9 Å². The van der Waals surface area contributed by atoms with Gasteiger partial charge in [-0.25, -0.2) is 9.59 Å². The maximum absolute atomic E-state index is 12.3. The monoisotopic (exact) mass is 508 g/mol. The van der Waals surface area contributed by atoms with E-state index < -0.39 is 11.9 Å². The van der Waals surface area contributed by atoms with Gasteiger partial charge in [-0.1, -0.05) is 75.2 Å². The smallest absolute Gasteiger partial charge is 0.338 e. The van der Waals surface area contributed by atoms with Crippen molar-refractivity contribution in [3.63, 3.8) is 0 Å². The van der Waals surface area contributed by atoms with Gasteiger partial charge in [0.15, 0.2) is 0 Å². The fourth-order valence-electron chi connectivity index (χ4n) is 4.04. The molecular weight excluding hydrogens is 476 g/mol. The van der Waals surface area contributed by atoms with Crippen LogP contribution in [0.25, 0.3) is 22.3 Å². The van der Waals surface area contributed by atoms with Gasteiger partial charge in [-0.15, -0.1) is 0 Å². The molecule has 6 heteroatoms. The minimum absolute atomic E-state index is 0.106. The van der Waals surface area contributed by atoms with Crippen molar-refractivity contribution in [2.75, 3.05) is 13.2 Å². The van der Waals surface area contributed by atoms with E-state index >= 15 is 0 Å². The lowest BCUT2D eigenvalue weighted by molar-refractivity contribution is 0.0455. The first-order chi connectivity index (χ1) is 18.5. The van der Waals surface area contributed by atoms with E-state index in [0.29, 0.717) is 24.0 Å². The highest BCUT2D eigenvalue weighted by Gasteiger charge is 2.14. The van der Waals surface area contributed by atoms with Crippen molar-refractivity contribution in [3.8, 4) is 34.4 Å². The normalized spacial score (nSPS) is 12.0. The number of benzene rings is 3. The highest BCUT2D eigenvalue weighted by Crippen LogP contribution is 2.26. The van der Waals surface area contributed by atoms with Gasteiger partial charge in [0.05, 0.1) is 35.1 Å². The van der Waals surface area contributed by atoms with Crippen LogP contribution >= 0.6 is 0 Å². The molecule has 3 aromatic carbocycles. The van der Waals surface area contributed by atoms with Gasteiger partial charge in [0.1, 0.15) is 13.2 Å². The Bertz CT molecular complexity index is 1180. The number of ether oxygens (including phenoxy) is 2. The third kappa shape index (κ3) is 7.79. The molecule has 194 valence electrons. The van der Waals surface area contributed by atoms with Crippen LogP contribution in [-0.2, 0) is 9.47 Å². The third-order valence-electron chi connectivity index (χ3n) is 6.26. The highest BCUT2D eigenvalue weighted by atomic mass is 16.5. The quantitative estimate of drug-likeness (QED) is 0.240. The van der Waals surface area contributed by atoms with Crippen LogP contribution in [0.2, 0.25) is 0 Å². The second-order valence-corrected chi connectivity index (χ2v) is 9.16. The fraction of sp³-hybridized carbons (Fsp3) is 0.312. The van der Waals surface area contributed by atoms with Crippen molar-refractivity contribution in [1.82, 2.24) is 0 Å². The van der Waals surface area contributed by atoms with E-state index in [9.17, 15) is 9.59 Å². The fourth-order valence-corrected chi connectivity index (χ4v) is 4.04. The van der Waals surface area contributed by atoms with Gasteiger partial charge < -0.3 is 9.47 Å². The molecule has 6 nitrogen and oxygen atoms in total. The zero-order chi connectivity index (χ0) is 27.3. The van der Waals surface area contributed by atoms with Crippen molar-refractivity contribution in [2.24, 2.45) is 11.8 Å². The van der Waals surface area contributed by atoms with Gasteiger partial charge >= 0.3 is 11.9 Å². The van der Waals surface area contributed by atoms with Crippen molar-refractivity contribution in [3.05, 3.63) is 83.9 Å². The summed E-state index contributed by atoms with van der Waals surface area (Å²) in [5.74, 6) is -1.41. The van der Waals surface area contributed by atoms with Crippen LogP contribution in [0.4, 0.5) is 0 Å². The van der Waals surface area contributed by atoms with Crippen LogP contribution in [0, 0.1) is 34.5 Å². The van der Waals surface area contributed by atoms with Crippen LogP contribution in [0.1, 0.15) is 60.2 Å². The van der Waals surface area contributed by atoms with Gasteiger partial charge in [0, 0.05) is 0 Å². The molecule has 2 atom stereocenters. The summed E-state index contributed by atoms with van der Waals surface area (Å²) in [4.78, 5) is 24.6. The van der Waals surface area contributed by atoms with Crippen LogP contribution < -0.4 is 0 Å². The van der Waals surface area contributed by atoms with Crippen LogP contribution in [0.5, 0.6) is 0 Å². The first-order valence-electron chi connectivity index (χ1n) is 12.9. The Morgan fingerprint density at radius 3 is 1.16 bits per heavy atom. The van der Waals surface area contributed by atoms with Crippen molar-refractivity contribution in [2.45, 2.75) is 39.5 Å². The molecule has 0 aliphatic rings. The summed E-state index contributed by atoms with van der Waals surface area (Å²) in [5.41, 5.74) is 4.83. The number of hydrogen-bond acceptors (Lipinski definition) is 6. The van der Waals surface area contributed by atoms with E-state index in [1.165, 1.54) is 0 Å². The standard InChI is InChI=1S/C32H32N2O4/c1-3-5-23(19-33)21-37-31(35)29-15-11-27(12-16-29)25-7-9-26(10-8-25)28-13-17-30(18-14-28)32(36)38-22-24(20-34)6-4-2/h7-18,23-24H,3-6,21-22H2,1-2H3/t23-,24-/m1/s1. The first-order valence-corrected chi connectivity index (χ1v) is 12.9. The molecule has 0 aromatic heterocycles. The molecule has 0 N–H and O–H groups in total. The molecule has 0 aliphatic carbocycles. The maximum atomic E-state index is 12.3. The summed E-state index contributed by atoms with van der Waals surface area (Å²) in [5, 5.41) is 18.2. The van der Waals surface area contributed by atoms with E-state index in [2.05, 4.69) is 12.1 Å². The second kappa shape index (κ2) is 14.4. The molecule has 0 unspecified atom stereocenters. The number of carbonyl (C=O) groups excluding carboxylic acids is 2. The predicted molar refractivity (Wildman–Crippen MR) is 146 cm³/mol. The average Bonchev–Trinajstić information content (AvgIpc) is 2.97. The number of rotatable bonds is 12. The predicted octanol–water partition coefficient (Wildman–Crippen LogP) is 7.21. The number of nitriles is 2. The van der Waals surface area contributed by atoms with Crippen molar-refractivity contribution in [1.29, 1.82) is 10.5 Å². The first kappa shape index (κ1) is 28.2. The summed E-state index contributed by atoms with van der Waals surface area (Å²) >= 11 is 0. The lowest BCUT2D eigenvalue weighted by Crippen LogP contribution is -2.13. The Balaban J connectivity index is 1.59. The summed E-state index contributed by atoms with van der Waals surface area (Å²) in [6, 6.07) is 26.8. The lowest BCUT2D eigenvalue weighted by atomic mass is 9.99. The summed E-state index contributed by atoms with van der Waals surface area (Å²) < 4.78 is 10.6. The van der Waals surface area contributed by atoms with Crippen LogP contribution in [0.15, 0.2) is 72.8 Å². The molecule has 0 heterocycles. The van der Waals surface area contributed by atoms with Gasteiger partial charge in [-0.3, -0.25) is 0 Å². The van der Waals surface area contributed by atoms with E-state index in [0.717, 1.165) is 35.1 Å². The number of nitrogens with zero attached hydrogens (tertiary/aromatic N) is 2. The molecule has 3 rings (SSSR count). The van der Waals surface area contributed by atoms with Crippen LogP contribution in [-0.4, -0.2) is 25.2 Å². The summed E-state index contributed by atoms with van der Waals surface area (Å²) in [7, 11) is 0. The molecule has 0 amide bonds. The van der Waals surface area contributed by atoms with E-state index in [1.54, 1.807) is 24.3 Å². The van der Waals surface area contributed by atoms with Crippen molar-refractivity contribution < 1.29 is 19.1 Å². The molecule has 38 heavy (non-hydrogen) atoms. The molecule has 0 bridgehead atoms. The minimum Gasteiger partial charge on any atom is -0.461 e. The largest absolute Gasteiger partial charge is 0.461 e. The molecular formula is C32H32N2O4. The molecule has 0 radical (unpaired) electrons. The average molecular weight is 509 g/mol. The molecule has 0 spiro atoms. The van der Waals surface area contributed by atoms with Gasteiger partial charge in [-0.05, 0) is 59.4 Å². The maximum Gasteiger partial charge on any atom is 0.338 e. The zero-order valence-electron chi connectivity index (χ0n) is 21.9. The third-order valence-corrected chi connectivity index (χ3v) is 6.26. The Kier molecular flexibility index (Phi) is 10.6. The van der Waals surface area contributed by atoms with Gasteiger partial charge in [-0.2, -0.15) is 10.5 Å². The van der Waals surface area contributed by atoms with E-state index in [1.807, 2.05) is 62.4 Å². The minimum atomic E-state index is -0.429. The number of hydrogen-bond donors (Lipinski definition) is 0. The Hall–Kier alpha value is -4.42. The van der Waals surface area contributed by atoms with Crippen LogP contribution in [0.3, 0.4) is 0 Å². The Morgan fingerprint density at radius 1 is 0.605 bits per heavy atom. The summed E-state index contributed by atoms with van der Waals surface area (Å²) in [6.45, 7) is 4.20. The van der Waals surface area contributed by atoms with Gasteiger partial charge in [0.2, 0.25) is 0 Å².